The molecule has 1 fully saturated rings. The zero-order valence-electron chi connectivity index (χ0n) is 12.8. The summed E-state index contributed by atoms with van der Waals surface area (Å²) >= 11 is 0. The Morgan fingerprint density at radius 1 is 1.35 bits per heavy atom. The number of piperidine rings is 1. The fourth-order valence-corrected chi connectivity index (χ4v) is 2.90. The Morgan fingerprint density at radius 3 is 2.70 bits per heavy atom. The van der Waals surface area contributed by atoms with Gasteiger partial charge < -0.3 is 4.90 Å². The molecule has 2 aromatic rings. The maximum absolute atomic E-state index is 12.7. The number of amides is 1. The van der Waals surface area contributed by atoms with Gasteiger partial charge in [0.25, 0.3) is 11.6 Å². The highest BCUT2D eigenvalue weighted by Gasteiger charge is 2.29. The van der Waals surface area contributed by atoms with Gasteiger partial charge in [-0.1, -0.05) is 11.3 Å². The quantitative estimate of drug-likeness (QED) is 0.637. The molecule has 0 radical (unpaired) electrons. The van der Waals surface area contributed by atoms with Gasteiger partial charge in [-0.2, -0.15) is 0 Å². The third-order valence-electron chi connectivity index (χ3n) is 4.15. The first-order chi connectivity index (χ1) is 11.1. The van der Waals surface area contributed by atoms with E-state index in [1.165, 1.54) is 6.07 Å². The SMILES string of the molecule is Cc1ccc([N+](=O)[O-])c(C(=O)N2CCC(n3ccnn3)CC2)c1. The minimum Gasteiger partial charge on any atom is -0.338 e. The average molecular weight is 315 g/mol. The summed E-state index contributed by atoms with van der Waals surface area (Å²) in [4.78, 5) is 25.0. The largest absolute Gasteiger partial charge is 0.338 e. The lowest BCUT2D eigenvalue weighted by Gasteiger charge is -2.31. The van der Waals surface area contributed by atoms with E-state index in [4.69, 9.17) is 0 Å². The molecule has 1 aromatic carbocycles. The fraction of sp³-hybridized carbons (Fsp3) is 0.400. The summed E-state index contributed by atoms with van der Waals surface area (Å²) in [5.74, 6) is -0.280. The molecule has 0 unspecified atom stereocenters. The molecular formula is C15H17N5O3. The van der Waals surface area contributed by atoms with E-state index < -0.39 is 4.92 Å². The normalized spacial score (nSPS) is 15.6. The minimum absolute atomic E-state index is 0.140. The molecule has 1 aromatic heterocycles. The number of nitro groups is 1. The van der Waals surface area contributed by atoms with Gasteiger partial charge in [0, 0.05) is 25.4 Å². The van der Waals surface area contributed by atoms with Crippen LogP contribution in [0.25, 0.3) is 0 Å². The predicted octanol–water partition coefficient (Wildman–Crippen LogP) is 1.97. The Kier molecular flexibility index (Phi) is 4.05. The average Bonchev–Trinajstić information content (AvgIpc) is 3.08. The van der Waals surface area contributed by atoms with E-state index in [2.05, 4.69) is 10.3 Å². The van der Waals surface area contributed by atoms with Gasteiger partial charge in [-0.15, -0.1) is 5.10 Å². The smallest absolute Gasteiger partial charge is 0.282 e. The molecule has 8 nitrogen and oxygen atoms in total. The number of nitrogens with zero attached hydrogens (tertiary/aromatic N) is 5. The van der Waals surface area contributed by atoms with Gasteiger partial charge in [-0.05, 0) is 31.4 Å². The van der Waals surface area contributed by atoms with E-state index >= 15 is 0 Å². The number of aryl methyl sites for hydroxylation is 1. The van der Waals surface area contributed by atoms with Gasteiger partial charge in [0.2, 0.25) is 0 Å². The first-order valence-electron chi connectivity index (χ1n) is 7.46. The van der Waals surface area contributed by atoms with Crippen molar-refractivity contribution < 1.29 is 9.72 Å². The molecule has 8 heteroatoms. The monoisotopic (exact) mass is 315 g/mol. The molecule has 1 aliphatic heterocycles. The van der Waals surface area contributed by atoms with Gasteiger partial charge in [0.1, 0.15) is 5.56 Å². The number of aromatic nitrogens is 3. The fourth-order valence-electron chi connectivity index (χ4n) is 2.90. The molecule has 1 saturated heterocycles. The van der Waals surface area contributed by atoms with Gasteiger partial charge in [-0.3, -0.25) is 14.9 Å². The zero-order chi connectivity index (χ0) is 16.4. The standard InChI is InChI=1S/C15H17N5O3/c1-11-2-3-14(20(22)23)13(10-11)15(21)18-7-4-12(5-8-18)19-9-6-16-17-19/h2-3,6,9-10,12H,4-5,7-8H2,1H3. The van der Waals surface area contributed by atoms with Gasteiger partial charge in [-0.25, -0.2) is 4.68 Å². The van der Waals surface area contributed by atoms with E-state index in [0.717, 1.165) is 18.4 Å². The summed E-state index contributed by atoms with van der Waals surface area (Å²) in [6.07, 6.45) is 4.96. The Balaban J connectivity index is 1.75. The molecule has 2 heterocycles. The van der Waals surface area contributed by atoms with E-state index in [-0.39, 0.29) is 23.2 Å². The molecule has 0 bridgehead atoms. The molecule has 120 valence electrons. The summed E-state index contributed by atoms with van der Waals surface area (Å²) in [6, 6.07) is 4.84. The number of carbonyl (C=O) groups is 1. The van der Waals surface area contributed by atoms with Crippen molar-refractivity contribution in [3.05, 3.63) is 51.8 Å². The second-order valence-corrected chi connectivity index (χ2v) is 5.68. The van der Waals surface area contributed by atoms with Gasteiger partial charge in [0.15, 0.2) is 0 Å². The first kappa shape index (κ1) is 15.1. The number of rotatable bonds is 3. The van der Waals surface area contributed by atoms with Crippen LogP contribution in [-0.4, -0.2) is 43.8 Å². The van der Waals surface area contributed by atoms with Crippen LogP contribution >= 0.6 is 0 Å². The number of benzene rings is 1. The van der Waals surface area contributed by atoms with Gasteiger partial charge in [0.05, 0.1) is 17.2 Å². The lowest BCUT2D eigenvalue weighted by molar-refractivity contribution is -0.385. The van der Waals surface area contributed by atoms with Crippen molar-refractivity contribution in [3.63, 3.8) is 0 Å². The van der Waals surface area contributed by atoms with Crippen LogP contribution in [0, 0.1) is 17.0 Å². The molecule has 23 heavy (non-hydrogen) atoms. The van der Waals surface area contributed by atoms with Crippen LogP contribution in [0.4, 0.5) is 5.69 Å². The van der Waals surface area contributed by atoms with Crippen molar-refractivity contribution in [2.24, 2.45) is 0 Å². The number of hydrogen-bond donors (Lipinski definition) is 0. The second kappa shape index (κ2) is 6.15. The van der Waals surface area contributed by atoms with Crippen LogP contribution < -0.4 is 0 Å². The minimum atomic E-state index is -0.505. The van der Waals surface area contributed by atoms with Crippen LogP contribution in [-0.2, 0) is 0 Å². The lowest BCUT2D eigenvalue weighted by Crippen LogP contribution is -2.39. The summed E-state index contributed by atoms with van der Waals surface area (Å²) in [6.45, 7) is 2.92. The predicted molar refractivity (Wildman–Crippen MR) is 82.0 cm³/mol. The molecule has 0 spiro atoms. The second-order valence-electron chi connectivity index (χ2n) is 5.68. The summed E-state index contributed by atoms with van der Waals surface area (Å²) in [5.41, 5.74) is 0.852. The molecule has 0 aliphatic carbocycles. The third-order valence-corrected chi connectivity index (χ3v) is 4.15. The van der Waals surface area contributed by atoms with Crippen molar-refractivity contribution in [1.29, 1.82) is 0 Å². The third kappa shape index (κ3) is 3.05. The molecule has 1 amide bonds. The number of hydrogen-bond acceptors (Lipinski definition) is 5. The Labute approximate surface area is 132 Å². The highest BCUT2D eigenvalue weighted by molar-refractivity contribution is 5.98. The molecule has 3 rings (SSSR count). The molecule has 0 atom stereocenters. The number of likely N-dealkylation sites (tertiary alicyclic amines) is 1. The van der Waals surface area contributed by atoms with E-state index in [9.17, 15) is 14.9 Å². The van der Waals surface area contributed by atoms with Crippen LogP contribution in [0.5, 0.6) is 0 Å². The molecule has 1 aliphatic rings. The summed E-state index contributed by atoms with van der Waals surface area (Å²) < 4.78 is 1.80. The zero-order valence-corrected chi connectivity index (χ0v) is 12.8. The van der Waals surface area contributed by atoms with E-state index in [0.29, 0.717) is 13.1 Å². The molecule has 0 saturated carbocycles. The summed E-state index contributed by atoms with van der Waals surface area (Å²) in [7, 11) is 0. The highest BCUT2D eigenvalue weighted by Crippen LogP contribution is 2.26. The maximum atomic E-state index is 12.7. The van der Waals surface area contributed by atoms with Crippen molar-refractivity contribution >= 4 is 11.6 Å². The van der Waals surface area contributed by atoms with Crippen LogP contribution in [0.15, 0.2) is 30.6 Å². The highest BCUT2D eigenvalue weighted by atomic mass is 16.6. The molecule has 0 N–H and O–H groups in total. The number of carbonyl (C=O) groups excluding carboxylic acids is 1. The molecular weight excluding hydrogens is 298 g/mol. The van der Waals surface area contributed by atoms with E-state index in [1.807, 2.05) is 13.1 Å². The van der Waals surface area contributed by atoms with Crippen molar-refractivity contribution in [2.75, 3.05) is 13.1 Å². The van der Waals surface area contributed by atoms with Crippen molar-refractivity contribution in [1.82, 2.24) is 19.9 Å². The first-order valence-corrected chi connectivity index (χ1v) is 7.46. The Morgan fingerprint density at radius 2 is 2.09 bits per heavy atom. The lowest BCUT2D eigenvalue weighted by atomic mass is 10.0. The summed E-state index contributed by atoms with van der Waals surface area (Å²) in [5, 5.41) is 18.9. The number of nitro benzene ring substituents is 1. The van der Waals surface area contributed by atoms with Crippen LogP contribution in [0.2, 0.25) is 0 Å². The topological polar surface area (TPSA) is 94.2 Å². The maximum Gasteiger partial charge on any atom is 0.282 e. The Hall–Kier alpha value is -2.77. The Bertz CT molecular complexity index is 721. The van der Waals surface area contributed by atoms with Crippen molar-refractivity contribution in [3.8, 4) is 0 Å². The van der Waals surface area contributed by atoms with Gasteiger partial charge >= 0.3 is 0 Å². The van der Waals surface area contributed by atoms with E-state index in [1.54, 1.807) is 27.9 Å². The van der Waals surface area contributed by atoms with Crippen molar-refractivity contribution in [2.45, 2.75) is 25.8 Å². The van der Waals surface area contributed by atoms with Crippen LogP contribution in [0.1, 0.15) is 34.8 Å². The van der Waals surface area contributed by atoms with Crippen LogP contribution in [0.3, 0.4) is 0 Å².